The molecule has 2 aliphatic rings. The van der Waals surface area contributed by atoms with Gasteiger partial charge in [-0.2, -0.15) is 4.98 Å². The number of alkyl halides is 1. The molecule has 0 aromatic carbocycles. The van der Waals surface area contributed by atoms with Crippen LogP contribution in [0, 0.1) is 12.8 Å². The molecule has 0 bridgehead atoms. The van der Waals surface area contributed by atoms with Crippen molar-refractivity contribution in [2.24, 2.45) is 5.92 Å². The molecule has 162 valence electrons. The monoisotopic (exact) mass is 450 g/mol. The highest BCUT2D eigenvalue weighted by molar-refractivity contribution is 8.00. The number of hydrogen-bond acceptors (Lipinski definition) is 9. The smallest absolute Gasteiger partial charge is 0.466 e. The van der Waals surface area contributed by atoms with Gasteiger partial charge in [-0.3, -0.25) is 22.9 Å². The number of ether oxygens (including phenoxy) is 1. The van der Waals surface area contributed by atoms with Crippen molar-refractivity contribution in [2.45, 2.75) is 50.1 Å². The molecule has 0 radical (unpaired) electrons. The Labute approximate surface area is 171 Å². The van der Waals surface area contributed by atoms with Crippen molar-refractivity contribution in [1.29, 1.82) is 0 Å². The first-order valence-electron chi connectivity index (χ1n) is 9.33. The van der Waals surface area contributed by atoms with E-state index in [-0.39, 0.29) is 32.2 Å². The minimum absolute atomic E-state index is 0.0367. The fourth-order valence-electron chi connectivity index (χ4n) is 3.03. The number of halogens is 1. The second-order valence-electron chi connectivity index (χ2n) is 6.86. The molecule has 0 aliphatic carbocycles. The first-order chi connectivity index (χ1) is 13.7. The maximum atomic E-state index is 15.0. The molecule has 3 heterocycles. The molecule has 0 saturated carbocycles. The SMILES string of the molecule is CCOC(=O)[C@H](C)CCO[P@]1(=O)OC[C@H]2S[C@@H](n3ccc(C)nc3=O)[C@@H](F)[C@@H]2O1. The van der Waals surface area contributed by atoms with Gasteiger partial charge >= 0.3 is 19.5 Å². The van der Waals surface area contributed by atoms with E-state index in [2.05, 4.69) is 4.98 Å². The third-order valence-corrected chi connectivity index (χ3v) is 7.63. The van der Waals surface area contributed by atoms with Gasteiger partial charge in [-0.15, -0.1) is 11.8 Å². The number of carbonyl (C=O) groups is 1. The average Bonchev–Trinajstić information content (AvgIpc) is 2.97. The number of phosphoric ester groups is 1. The normalized spacial score (nSPS) is 32.6. The predicted octanol–water partition coefficient (Wildman–Crippen LogP) is 2.63. The van der Waals surface area contributed by atoms with Gasteiger partial charge in [0.25, 0.3) is 0 Å². The number of aryl methyl sites for hydroxylation is 1. The van der Waals surface area contributed by atoms with Crippen LogP contribution < -0.4 is 5.69 Å². The van der Waals surface area contributed by atoms with E-state index in [9.17, 15) is 14.2 Å². The summed E-state index contributed by atoms with van der Waals surface area (Å²) in [5, 5.41) is -1.29. The third-order valence-electron chi connectivity index (χ3n) is 4.65. The Balaban J connectivity index is 1.60. The van der Waals surface area contributed by atoms with E-state index in [0.717, 1.165) is 0 Å². The minimum Gasteiger partial charge on any atom is -0.466 e. The first-order valence-corrected chi connectivity index (χ1v) is 11.7. The number of carbonyl (C=O) groups excluding carboxylic acids is 1. The van der Waals surface area contributed by atoms with Crippen molar-refractivity contribution < 1.29 is 32.1 Å². The number of esters is 1. The van der Waals surface area contributed by atoms with E-state index in [1.807, 2.05) is 0 Å². The van der Waals surface area contributed by atoms with Gasteiger partial charge in [-0.1, -0.05) is 6.92 Å². The summed E-state index contributed by atoms with van der Waals surface area (Å²) in [7, 11) is -3.97. The maximum Gasteiger partial charge on any atom is 0.475 e. The van der Waals surface area contributed by atoms with E-state index in [4.69, 9.17) is 18.3 Å². The molecule has 6 atom stereocenters. The standard InChI is InChI=1S/C17H24FN2O7PS/c1-4-24-16(21)10(2)6-8-25-28(23)26-9-12-14(27-28)13(18)15(29-12)20-7-5-11(3)19-17(20)22/h5,7,10,12-15H,4,6,8-9H2,1-3H3/t10-,12-,13+,14-,15-,28-/m1/s1. The minimum atomic E-state index is -3.97. The summed E-state index contributed by atoms with van der Waals surface area (Å²) >= 11 is 1.17. The highest BCUT2D eigenvalue weighted by Gasteiger charge is 2.54. The van der Waals surface area contributed by atoms with Gasteiger partial charge < -0.3 is 4.74 Å². The quantitative estimate of drug-likeness (QED) is 0.458. The van der Waals surface area contributed by atoms with E-state index in [1.54, 1.807) is 26.8 Å². The summed E-state index contributed by atoms with van der Waals surface area (Å²) in [4.78, 5) is 27.5. The van der Waals surface area contributed by atoms with Crippen LogP contribution in [-0.4, -0.2) is 52.9 Å². The fraction of sp³-hybridized carbons (Fsp3) is 0.706. The summed E-state index contributed by atoms with van der Waals surface area (Å²) in [6, 6.07) is 1.62. The van der Waals surface area contributed by atoms with Gasteiger partial charge in [-0.25, -0.2) is 13.8 Å². The molecular weight excluding hydrogens is 426 g/mol. The molecule has 0 amide bonds. The second kappa shape index (κ2) is 9.26. The first kappa shape index (κ1) is 22.4. The average molecular weight is 450 g/mol. The molecule has 12 heteroatoms. The number of fused-ring (bicyclic) bond motifs is 1. The topological polar surface area (TPSA) is 106 Å². The van der Waals surface area contributed by atoms with Crippen molar-refractivity contribution in [3.8, 4) is 0 Å². The third kappa shape index (κ3) is 5.08. The molecular formula is C17H24FN2O7PS. The predicted molar refractivity (Wildman–Crippen MR) is 103 cm³/mol. The molecule has 2 saturated heterocycles. The lowest BCUT2D eigenvalue weighted by atomic mass is 10.1. The molecule has 2 aliphatic heterocycles. The molecule has 3 rings (SSSR count). The van der Waals surface area contributed by atoms with Gasteiger partial charge in [0.05, 0.1) is 31.0 Å². The number of nitrogens with zero attached hydrogens (tertiary/aromatic N) is 2. The Morgan fingerprint density at radius 3 is 3.00 bits per heavy atom. The number of phosphoric acid groups is 1. The summed E-state index contributed by atoms with van der Waals surface area (Å²) in [6.07, 6.45) is -0.892. The number of hydrogen-bond donors (Lipinski definition) is 0. The Hall–Kier alpha value is -1.26. The highest BCUT2D eigenvalue weighted by atomic mass is 32.2. The van der Waals surface area contributed by atoms with Crippen LogP contribution in [0.5, 0.6) is 0 Å². The summed E-state index contributed by atoms with van der Waals surface area (Å²) in [6.45, 7) is 5.22. The molecule has 0 spiro atoms. The van der Waals surface area contributed by atoms with Crippen molar-refractivity contribution in [3.05, 3.63) is 28.4 Å². The lowest BCUT2D eigenvalue weighted by molar-refractivity contribution is -0.147. The van der Waals surface area contributed by atoms with Crippen LogP contribution in [0.3, 0.4) is 0 Å². The van der Waals surface area contributed by atoms with Gasteiger partial charge in [0.2, 0.25) is 0 Å². The molecule has 29 heavy (non-hydrogen) atoms. The lowest BCUT2D eigenvalue weighted by Crippen LogP contribution is -2.38. The Morgan fingerprint density at radius 2 is 2.31 bits per heavy atom. The summed E-state index contributed by atoms with van der Waals surface area (Å²) in [5.41, 5.74) is -0.0197. The lowest BCUT2D eigenvalue weighted by Gasteiger charge is -2.31. The van der Waals surface area contributed by atoms with Crippen LogP contribution in [0.25, 0.3) is 0 Å². The van der Waals surface area contributed by atoms with Gasteiger partial charge in [0.1, 0.15) is 11.5 Å². The van der Waals surface area contributed by atoms with E-state index < -0.39 is 42.3 Å². The van der Waals surface area contributed by atoms with Crippen LogP contribution in [-0.2, 0) is 27.7 Å². The van der Waals surface area contributed by atoms with E-state index in [1.165, 1.54) is 22.5 Å². The Morgan fingerprint density at radius 1 is 1.55 bits per heavy atom. The van der Waals surface area contributed by atoms with Gasteiger partial charge in [-0.05, 0) is 26.3 Å². The maximum absolute atomic E-state index is 15.0. The van der Waals surface area contributed by atoms with Gasteiger partial charge in [0, 0.05) is 11.9 Å². The zero-order chi connectivity index (χ0) is 21.2. The van der Waals surface area contributed by atoms with Gasteiger partial charge in [0.15, 0.2) is 6.17 Å². The zero-order valence-corrected chi connectivity index (χ0v) is 18.1. The highest BCUT2D eigenvalue weighted by Crippen LogP contribution is 2.60. The fourth-order valence-corrected chi connectivity index (χ4v) is 6.10. The Kier molecular flexibility index (Phi) is 7.16. The van der Waals surface area contributed by atoms with Crippen LogP contribution in [0.2, 0.25) is 0 Å². The summed E-state index contributed by atoms with van der Waals surface area (Å²) in [5.74, 6) is -0.823. The number of aromatic nitrogens is 2. The number of rotatable bonds is 7. The number of thioether (sulfide) groups is 1. The molecule has 1 aromatic rings. The summed E-state index contributed by atoms with van der Waals surface area (Å²) < 4.78 is 49.8. The van der Waals surface area contributed by atoms with Crippen LogP contribution >= 0.6 is 19.6 Å². The molecule has 0 unspecified atom stereocenters. The van der Waals surface area contributed by atoms with Crippen LogP contribution in [0.4, 0.5) is 4.39 Å². The molecule has 0 N–H and O–H groups in total. The molecule has 2 fully saturated rings. The van der Waals surface area contributed by atoms with Crippen molar-refractivity contribution in [3.63, 3.8) is 0 Å². The largest absolute Gasteiger partial charge is 0.475 e. The van der Waals surface area contributed by atoms with Crippen molar-refractivity contribution >= 4 is 25.6 Å². The van der Waals surface area contributed by atoms with Crippen LogP contribution in [0.15, 0.2) is 17.1 Å². The zero-order valence-electron chi connectivity index (χ0n) is 16.4. The van der Waals surface area contributed by atoms with Crippen molar-refractivity contribution in [2.75, 3.05) is 19.8 Å². The second-order valence-corrected chi connectivity index (χ2v) is 9.84. The van der Waals surface area contributed by atoms with E-state index in [0.29, 0.717) is 5.69 Å². The van der Waals surface area contributed by atoms with E-state index >= 15 is 4.39 Å². The van der Waals surface area contributed by atoms with Crippen LogP contribution in [0.1, 0.15) is 31.3 Å². The molecule has 1 aromatic heterocycles. The van der Waals surface area contributed by atoms with Crippen molar-refractivity contribution in [1.82, 2.24) is 9.55 Å². The molecule has 9 nitrogen and oxygen atoms in total. The Bertz CT molecular complexity index is 853.